The number of hydrogen-bond donors (Lipinski definition) is 3. The van der Waals surface area contributed by atoms with Crippen LogP contribution in [0.25, 0.3) is 0 Å². The maximum Gasteiger partial charge on any atom is 0.227 e. The lowest BCUT2D eigenvalue weighted by Crippen LogP contribution is -2.50. The molecule has 0 aliphatic heterocycles. The zero-order chi connectivity index (χ0) is 11.4. The highest BCUT2D eigenvalue weighted by molar-refractivity contribution is 5.83. The van der Waals surface area contributed by atoms with Gasteiger partial charge in [0.25, 0.3) is 0 Å². The van der Waals surface area contributed by atoms with E-state index in [1.807, 2.05) is 0 Å². The van der Waals surface area contributed by atoms with E-state index in [-0.39, 0.29) is 11.3 Å². The van der Waals surface area contributed by atoms with E-state index in [2.05, 4.69) is 15.3 Å². The third-order valence-corrected chi connectivity index (χ3v) is 3.39. The smallest absolute Gasteiger partial charge is 0.227 e. The molecule has 0 radical (unpaired) electrons. The van der Waals surface area contributed by atoms with Gasteiger partial charge in [0, 0.05) is 31.9 Å². The van der Waals surface area contributed by atoms with Crippen LogP contribution < -0.4 is 11.1 Å². The second-order valence-electron chi connectivity index (χ2n) is 4.38. The molecule has 1 aromatic heterocycles. The van der Waals surface area contributed by atoms with Crippen LogP contribution in [-0.2, 0) is 11.2 Å². The number of nitrogens with one attached hydrogen (secondary N) is 2. The minimum Gasteiger partial charge on any atom is -0.355 e. The van der Waals surface area contributed by atoms with Gasteiger partial charge in [0.2, 0.25) is 5.91 Å². The van der Waals surface area contributed by atoms with Gasteiger partial charge in [-0.25, -0.2) is 4.98 Å². The highest BCUT2D eigenvalue weighted by Crippen LogP contribution is 2.39. The second kappa shape index (κ2) is 4.65. The van der Waals surface area contributed by atoms with Crippen LogP contribution >= 0.6 is 0 Å². The summed E-state index contributed by atoms with van der Waals surface area (Å²) in [6, 6.07) is 0. The zero-order valence-corrected chi connectivity index (χ0v) is 9.33. The molecule has 0 aromatic carbocycles. The molecule has 16 heavy (non-hydrogen) atoms. The Labute approximate surface area is 94.8 Å². The van der Waals surface area contributed by atoms with E-state index < -0.39 is 0 Å². The molecule has 0 saturated heterocycles. The van der Waals surface area contributed by atoms with E-state index >= 15 is 0 Å². The van der Waals surface area contributed by atoms with Gasteiger partial charge in [-0.2, -0.15) is 0 Å². The predicted octanol–water partition coefficient (Wildman–Crippen LogP) is 0.197. The standard InChI is InChI=1S/C11H18N4O/c12-8-11(3-1-4-11)10(16)15-5-2-9-13-6-7-14-9/h6-7H,1-5,8,12H2,(H,13,14)(H,15,16). The Hall–Kier alpha value is -1.36. The molecular weight excluding hydrogens is 204 g/mol. The average molecular weight is 222 g/mol. The molecular formula is C11H18N4O. The molecule has 1 amide bonds. The third kappa shape index (κ3) is 2.09. The number of H-pyrrole nitrogens is 1. The normalized spacial score (nSPS) is 17.8. The molecule has 88 valence electrons. The van der Waals surface area contributed by atoms with E-state index in [1.165, 1.54) is 0 Å². The fourth-order valence-corrected chi connectivity index (χ4v) is 2.04. The molecule has 2 rings (SSSR count). The number of amides is 1. The van der Waals surface area contributed by atoms with Crippen LogP contribution in [0, 0.1) is 5.41 Å². The van der Waals surface area contributed by atoms with Gasteiger partial charge in [-0.1, -0.05) is 6.42 Å². The highest BCUT2D eigenvalue weighted by Gasteiger charge is 2.42. The lowest BCUT2D eigenvalue weighted by atomic mass is 9.68. The number of aromatic amines is 1. The van der Waals surface area contributed by atoms with Gasteiger partial charge in [-0.15, -0.1) is 0 Å². The van der Waals surface area contributed by atoms with E-state index in [9.17, 15) is 4.79 Å². The van der Waals surface area contributed by atoms with Crippen molar-refractivity contribution in [3.8, 4) is 0 Å². The maximum atomic E-state index is 11.9. The number of nitrogens with two attached hydrogens (primary N) is 1. The van der Waals surface area contributed by atoms with Crippen LogP contribution in [0.3, 0.4) is 0 Å². The molecule has 1 aliphatic rings. The van der Waals surface area contributed by atoms with Gasteiger partial charge in [-0.3, -0.25) is 4.79 Å². The Balaban J connectivity index is 1.75. The molecule has 0 atom stereocenters. The van der Waals surface area contributed by atoms with Gasteiger partial charge in [0.15, 0.2) is 0 Å². The molecule has 1 aromatic rings. The van der Waals surface area contributed by atoms with Crippen LogP contribution in [0.4, 0.5) is 0 Å². The minimum atomic E-state index is -0.275. The van der Waals surface area contributed by atoms with Gasteiger partial charge in [-0.05, 0) is 12.8 Å². The first-order valence-corrected chi connectivity index (χ1v) is 5.73. The summed E-state index contributed by atoms with van der Waals surface area (Å²) in [6.07, 6.45) is 7.20. The molecule has 1 heterocycles. The second-order valence-corrected chi connectivity index (χ2v) is 4.38. The average Bonchev–Trinajstić information content (AvgIpc) is 2.70. The van der Waals surface area contributed by atoms with Crippen molar-refractivity contribution < 1.29 is 4.79 Å². The fourth-order valence-electron chi connectivity index (χ4n) is 2.04. The fraction of sp³-hybridized carbons (Fsp3) is 0.636. The molecule has 0 spiro atoms. The number of hydrogen-bond acceptors (Lipinski definition) is 3. The first kappa shape index (κ1) is 11.1. The summed E-state index contributed by atoms with van der Waals surface area (Å²) in [7, 11) is 0. The number of rotatable bonds is 5. The summed E-state index contributed by atoms with van der Waals surface area (Å²) in [5.41, 5.74) is 5.38. The van der Waals surface area contributed by atoms with E-state index in [4.69, 9.17) is 5.73 Å². The summed E-state index contributed by atoms with van der Waals surface area (Å²) in [4.78, 5) is 19.0. The quantitative estimate of drug-likeness (QED) is 0.665. The Morgan fingerprint density at radius 1 is 1.62 bits per heavy atom. The van der Waals surface area contributed by atoms with Crippen LogP contribution in [0.15, 0.2) is 12.4 Å². The van der Waals surface area contributed by atoms with Crippen molar-refractivity contribution in [2.75, 3.05) is 13.1 Å². The predicted molar refractivity (Wildman–Crippen MR) is 60.6 cm³/mol. The summed E-state index contributed by atoms with van der Waals surface area (Å²) < 4.78 is 0. The number of imidazole rings is 1. The first-order chi connectivity index (χ1) is 7.77. The summed E-state index contributed by atoms with van der Waals surface area (Å²) in [5.74, 6) is 1.00. The molecule has 1 saturated carbocycles. The van der Waals surface area contributed by atoms with Crippen LogP contribution in [0.5, 0.6) is 0 Å². The van der Waals surface area contributed by atoms with E-state index in [0.717, 1.165) is 31.5 Å². The van der Waals surface area contributed by atoms with Crippen LogP contribution in [0.1, 0.15) is 25.1 Å². The number of nitrogens with zero attached hydrogens (tertiary/aromatic N) is 1. The largest absolute Gasteiger partial charge is 0.355 e. The highest BCUT2D eigenvalue weighted by atomic mass is 16.2. The van der Waals surface area contributed by atoms with Crippen molar-refractivity contribution in [1.82, 2.24) is 15.3 Å². The number of carbonyl (C=O) groups is 1. The number of aromatic nitrogens is 2. The Kier molecular flexibility index (Phi) is 3.24. The van der Waals surface area contributed by atoms with Crippen LogP contribution in [0.2, 0.25) is 0 Å². The molecule has 5 nitrogen and oxygen atoms in total. The lowest BCUT2D eigenvalue weighted by molar-refractivity contribution is -0.135. The van der Waals surface area contributed by atoms with E-state index in [0.29, 0.717) is 13.1 Å². The van der Waals surface area contributed by atoms with Gasteiger partial charge in [0.05, 0.1) is 5.41 Å². The van der Waals surface area contributed by atoms with Crippen molar-refractivity contribution >= 4 is 5.91 Å². The number of carbonyl (C=O) groups excluding carboxylic acids is 1. The molecule has 0 bridgehead atoms. The topological polar surface area (TPSA) is 83.8 Å². The van der Waals surface area contributed by atoms with Gasteiger partial charge in [0.1, 0.15) is 5.82 Å². The van der Waals surface area contributed by atoms with Crippen molar-refractivity contribution in [2.45, 2.75) is 25.7 Å². The Morgan fingerprint density at radius 2 is 2.44 bits per heavy atom. The molecule has 1 aliphatic carbocycles. The first-order valence-electron chi connectivity index (χ1n) is 5.73. The van der Waals surface area contributed by atoms with E-state index in [1.54, 1.807) is 12.4 Å². The molecule has 5 heteroatoms. The zero-order valence-electron chi connectivity index (χ0n) is 9.33. The van der Waals surface area contributed by atoms with Gasteiger partial charge >= 0.3 is 0 Å². The maximum absolute atomic E-state index is 11.9. The lowest BCUT2D eigenvalue weighted by Gasteiger charge is -2.39. The summed E-state index contributed by atoms with van der Waals surface area (Å²) >= 11 is 0. The minimum absolute atomic E-state index is 0.104. The third-order valence-electron chi connectivity index (χ3n) is 3.39. The molecule has 4 N–H and O–H groups in total. The van der Waals surface area contributed by atoms with Crippen molar-refractivity contribution in [2.24, 2.45) is 11.1 Å². The van der Waals surface area contributed by atoms with Crippen LogP contribution in [-0.4, -0.2) is 29.0 Å². The van der Waals surface area contributed by atoms with Gasteiger partial charge < -0.3 is 16.0 Å². The summed E-state index contributed by atoms with van der Waals surface area (Å²) in [6.45, 7) is 1.08. The summed E-state index contributed by atoms with van der Waals surface area (Å²) in [5, 5.41) is 2.94. The monoisotopic (exact) mass is 222 g/mol. The molecule has 1 fully saturated rings. The van der Waals surface area contributed by atoms with Crippen molar-refractivity contribution in [3.63, 3.8) is 0 Å². The Bertz CT molecular complexity index is 337. The Morgan fingerprint density at radius 3 is 2.94 bits per heavy atom. The van der Waals surface area contributed by atoms with Crippen molar-refractivity contribution in [3.05, 3.63) is 18.2 Å². The SMILES string of the molecule is NCC1(C(=O)NCCc2ncc[nH]2)CCC1. The van der Waals surface area contributed by atoms with Crippen molar-refractivity contribution in [1.29, 1.82) is 0 Å². The molecule has 0 unspecified atom stereocenters.